The Balaban J connectivity index is 2.30. The zero-order valence-electron chi connectivity index (χ0n) is 13.7. The van der Waals surface area contributed by atoms with Crippen LogP contribution >= 0.6 is 0 Å². The van der Waals surface area contributed by atoms with Crippen LogP contribution in [0.2, 0.25) is 0 Å². The number of hydrogen-bond acceptors (Lipinski definition) is 4. The van der Waals surface area contributed by atoms with Crippen LogP contribution in [0.15, 0.2) is 18.2 Å². The molecular formula is C17H28N2O2. The molecule has 1 fully saturated rings. The van der Waals surface area contributed by atoms with Crippen LogP contribution < -0.4 is 14.8 Å². The van der Waals surface area contributed by atoms with Crippen molar-refractivity contribution in [3.8, 4) is 11.5 Å². The van der Waals surface area contributed by atoms with Crippen LogP contribution in [-0.4, -0.2) is 45.3 Å². The van der Waals surface area contributed by atoms with Gasteiger partial charge in [-0.3, -0.25) is 4.90 Å². The highest BCUT2D eigenvalue weighted by Crippen LogP contribution is 2.33. The second-order valence-electron chi connectivity index (χ2n) is 6.08. The summed E-state index contributed by atoms with van der Waals surface area (Å²) in [7, 11) is 3.42. The van der Waals surface area contributed by atoms with Crippen molar-refractivity contribution in [1.29, 1.82) is 0 Å². The number of hydrogen-bond donors (Lipinski definition) is 1. The van der Waals surface area contributed by atoms with E-state index in [1.165, 1.54) is 5.56 Å². The molecule has 1 aromatic carbocycles. The molecule has 1 heterocycles. The molecule has 0 spiro atoms. The average molecular weight is 292 g/mol. The molecule has 1 saturated heterocycles. The van der Waals surface area contributed by atoms with E-state index >= 15 is 0 Å². The van der Waals surface area contributed by atoms with Gasteiger partial charge in [-0.15, -0.1) is 0 Å². The fourth-order valence-electron chi connectivity index (χ4n) is 2.96. The van der Waals surface area contributed by atoms with Gasteiger partial charge in [0.25, 0.3) is 0 Å². The Kier molecular flexibility index (Phi) is 5.88. The zero-order chi connectivity index (χ0) is 15.2. The lowest BCUT2D eigenvalue weighted by atomic mass is 9.94. The molecule has 1 aliphatic rings. The lowest BCUT2D eigenvalue weighted by molar-refractivity contribution is 0.153. The number of methoxy groups -OCH3 is 2. The van der Waals surface area contributed by atoms with E-state index in [2.05, 4.69) is 36.2 Å². The summed E-state index contributed by atoms with van der Waals surface area (Å²) >= 11 is 0. The first-order valence-corrected chi connectivity index (χ1v) is 7.81. The Morgan fingerprint density at radius 1 is 1.05 bits per heavy atom. The van der Waals surface area contributed by atoms with Crippen LogP contribution in [-0.2, 0) is 0 Å². The molecule has 4 heteroatoms. The minimum absolute atomic E-state index is 0.427. The molecule has 1 atom stereocenters. The Morgan fingerprint density at radius 2 is 1.62 bits per heavy atom. The fourth-order valence-corrected chi connectivity index (χ4v) is 2.96. The molecule has 21 heavy (non-hydrogen) atoms. The Hall–Kier alpha value is -1.26. The monoisotopic (exact) mass is 292 g/mol. The molecule has 1 aromatic rings. The van der Waals surface area contributed by atoms with E-state index in [0.29, 0.717) is 12.0 Å². The summed E-state index contributed by atoms with van der Waals surface area (Å²) < 4.78 is 10.9. The van der Waals surface area contributed by atoms with Crippen molar-refractivity contribution < 1.29 is 9.47 Å². The molecule has 118 valence electrons. The van der Waals surface area contributed by atoms with E-state index < -0.39 is 0 Å². The first-order valence-electron chi connectivity index (χ1n) is 7.81. The van der Waals surface area contributed by atoms with Gasteiger partial charge in [0.1, 0.15) is 11.5 Å². The maximum Gasteiger partial charge on any atom is 0.122 e. The van der Waals surface area contributed by atoms with Crippen LogP contribution in [0.3, 0.4) is 0 Å². The number of benzene rings is 1. The lowest BCUT2D eigenvalue weighted by Crippen LogP contribution is -2.45. The Labute approximate surface area is 128 Å². The minimum atomic E-state index is 0.427. The molecule has 0 aromatic heterocycles. The van der Waals surface area contributed by atoms with Gasteiger partial charge >= 0.3 is 0 Å². The topological polar surface area (TPSA) is 33.7 Å². The third-order valence-corrected chi connectivity index (χ3v) is 4.05. The number of nitrogens with one attached hydrogen (secondary N) is 1. The summed E-state index contributed by atoms with van der Waals surface area (Å²) in [5, 5.41) is 3.43. The maximum absolute atomic E-state index is 5.43. The standard InChI is InChI=1S/C17H28N2O2/c1-13(2)9-17(19-7-5-18-6-8-19)14-10-15(20-3)12-16(11-14)21-4/h10-13,17-18H,5-9H2,1-4H3/t17-/m1/s1. The van der Waals surface area contributed by atoms with Crippen molar-refractivity contribution in [1.82, 2.24) is 10.2 Å². The highest BCUT2D eigenvalue weighted by Gasteiger charge is 2.24. The smallest absolute Gasteiger partial charge is 0.122 e. The van der Waals surface area contributed by atoms with Gasteiger partial charge < -0.3 is 14.8 Å². The summed E-state index contributed by atoms with van der Waals surface area (Å²) in [5.41, 5.74) is 1.29. The van der Waals surface area contributed by atoms with Crippen molar-refractivity contribution >= 4 is 0 Å². The van der Waals surface area contributed by atoms with Crippen molar-refractivity contribution in [2.75, 3.05) is 40.4 Å². The largest absolute Gasteiger partial charge is 0.497 e. The van der Waals surface area contributed by atoms with Gasteiger partial charge in [0.15, 0.2) is 0 Å². The molecule has 0 bridgehead atoms. The van der Waals surface area contributed by atoms with Crippen molar-refractivity contribution in [2.24, 2.45) is 5.92 Å². The zero-order valence-corrected chi connectivity index (χ0v) is 13.7. The van der Waals surface area contributed by atoms with E-state index in [9.17, 15) is 0 Å². The summed E-state index contributed by atoms with van der Waals surface area (Å²) in [4.78, 5) is 2.57. The van der Waals surface area contributed by atoms with Crippen molar-refractivity contribution in [2.45, 2.75) is 26.3 Å². The molecule has 2 rings (SSSR count). The van der Waals surface area contributed by atoms with E-state index in [0.717, 1.165) is 44.1 Å². The van der Waals surface area contributed by atoms with Crippen LogP contribution in [0.4, 0.5) is 0 Å². The highest BCUT2D eigenvalue weighted by molar-refractivity contribution is 5.40. The number of ether oxygens (including phenoxy) is 2. The van der Waals surface area contributed by atoms with Gasteiger partial charge in [-0.2, -0.15) is 0 Å². The quantitative estimate of drug-likeness (QED) is 0.874. The average Bonchev–Trinajstić information content (AvgIpc) is 2.52. The Bertz CT molecular complexity index is 420. The predicted molar refractivity (Wildman–Crippen MR) is 86.2 cm³/mol. The molecular weight excluding hydrogens is 264 g/mol. The van der Waals surface area contributed by atoms with Gasteiger partial charge in [-0.05, 0) is 30.0 Å². The minimum Gasteiger partial charge on any atom is -0.497 e. The van der Waals surface area contributed by atoms with Gasteiger partial charge in [0.2, 0.25) is 0 Å². The van der Waals surface area contributed by atoms with Crippen LogP contribution in [0.1, 0.15) is 31.9 Å². The van der Waals surface area contributed by atoms with Gasteiger partial charge in [-0.25, -0.2) is 0 Å². The number of nitrogens with zero attached hydrogens (tertiary/aromatic N) is 1. The van der Waals surface area contributed by atoms with Crippen LogP contribution in [0.25, 0.3) is 0 Å². The highest BCUT2D eigenvalue weighted by atomic mass is 16.5. The second-order valence-corrected chi connectivity index (χ2v) is 6.08. The van der Waals surface area contributed by atoms with E-state index in [1.54, 1.807) is 14.2 Å². The second kappa shape index (κ2) is 7.66. The SMILES string of the molecule is COc1cc(OC)cc([C@@H](CC(C)C)N2CCNCC2)c1. The molecule has 0 radical (unpaired) electrons. The fraction of sp³-hybridized carbons (Fsp3) is 0.647. The number of rotatable bonds is 6. The normalized spacial score (nSPS) is 17.8. The summed E-state index contributed by atoms with van der Waals surface area (Å²) in [6.45, 7) is 8.89. The maximum atomic E-state index is 5.43. The molecule has 0 amide bonds. The predicted octanol–water partition coefficient (Wildman–Crippen LogP) is 2.70. The van der Waals surface area contributed by atoms with Gasteiger partial charge in [0, 0.05) is 38.3 Å². The van der Waals surface area contributed by atoms with Crippen LogP contribution in [0.5, 0.6) is 11.5 Å². The first kappa shape index (κ1) is 16.1. The summed E-state index contributed by atoms with van der Waals surface area (Å²) in [6.07, 6.45) is 1.15. The lowest BCUT2D eigenvalue weighted by Gasteiger charge is -2.36. The van der Waals surface area contributed by atoms with E-state index in [1.807, 2.05) is 6.07 Å². The van der Waals surface area contributed by atoms with Crippen molar-refractivity contribution in [3.63, 3.8) is 0 Å². The Morgan fingerprint density at radius 3 is 2.10 bits per heavy atom. The first-order chi connectivity index (χ1) is 10.1. The molecule has 1 N–H and O–H groups in total. The summed E-state index contributed by atoms with van der Waals surface area (Å²) in [6, 6.07) is 6.67. The molecule has 0 unspecified atom stereocenters. The molecule has 4 nitrogen and oxygen atoms in total. The van der Waals surface area contributed by atoms with Gasteiger partial charge in [0.05, 0.1) is 14.2 Å². The molecule has 0 saturated carbocycles. The third kappa shape index (κ3) is 4.35. The molecule has 0 aliphatic carbocycles. The third-order valence-electron chi connectivity index (χ3n) is 4.05. The van der Waals surface area contributed by atoms with Gasteiger partial charge in [-0.1, -0.05) is 13.8 Å². The molecule has 1 aliphatic heterocycles. The summed E-state index contributed by atoms with van der Waals surface area (Å²) in [5.74, 6) is 2.39. The van der Waals surface area contributed by atoms with E-state index in [-0.39, 0.29) is 0 Å². The van der Waals surface area contributed by atoms with E-state index in [4.69, 9.17) is 9.47 Å². The van der Waals surface area contributed by atoms with Crippen LogP contribution in [0, 0.1) is 5.92 Å². The van der Waals surface area contributed by atoms with Crippen molar-refractivity contribution in [3.05, 3.63) is 23.8 Å². The number of piperazine rings is 1.